The second kappa shape index (κ2) is 15.1. The predicted octanol–water partition coefficient (Wildman–Crippen LogP) is 5.10. The Morgan fingerprint density at radius 2 is 0.946 bits per heavy atom. The fourth-order valence-corrected chi connectivity index (χ4v) is 2.72. The summed E-state index contributed by atoms with van der Waals surface area (Å²) in [5.74, 6) is -1.67. The molecule has 0 saturated heterocycles. The Hall–Kier alpha value is -4.16. The number of aryl methyl sites for hydroxylation is 4. The number of unbranched alkanes of at least 4 members (excludes halogenated alkanes) is 2. The SMILES string of the molecule is Cc1ccc(C(=O)OOOC(=O)OCCCCCOC(=O)OOOC(=O)c2ccc(C)c(C)c2)cc1C. The molecule has 0 aliphatic heterocycles. The molecular formula is C25H28O12. The van der Waals surface area contributed by atoms with Crippen LogP contribution in [0.4, 0.5) is 9.59 Å². The topological polar surface area (TPSA) is 142 Å². The third-order valence-corrected chi connectivity index (χ3v) is 5.14. The maximum atomic E-state index is 11.8. The van der Waals surface area contributed by atoms with Crippen molar-refractivity contribution in [3.63, 3.8) is 0 Å². The number of benzene rings is 2. The van der Waals surface area contributed by atoms with E-state index in [4.69, 9.17) is 9.47 Å². The van der Waals surface area contributed by atoms with Gasteiger partial charge in [-0.3, -0.25) is 9.78 Å². The second-order valence-corrected chi connectivity index (χ2v) is 7.90. The van der Waals surface area contributed by atoms with Gasteiger partial charge in [0.05, 0.1) is 34.4 Å². The first-order valence-electron chi connectivity index (χ1n) is 11.3. The standard InChI is InChI=1S/C25H28O12/c1-16-8-10-20(14-18(16)3)22(26)32-36-34-24(28)30-12-6-5-7-13-31-25(29)35-37-33-23(27)21-11-9-17(2)19(4)15-21/h8-11,14-15H,5-7,12-13H2,1-4H3. The van der Waals surface area contributed by atoms with E-state index in [1.165, 1.54) is 0 Å². The van der Waals surface area contributed by atoms with Crippen LogP contribution in [0.2, 0.25) is 0 Å². The highest BCUT2D eigenvalue weighted by Gasteiger charge is 2.14. The Morgan fingerprint density at radius 1 is 0.541 bits per heavy atom. The first-order valence-corrected chi connectivity index (χ1v) is 11.3. The lowest BCUT2D eigenvalue weighted by molar-refractivity contribution is -0.452. The summed E-state index contributed by atoms with van der Waals surface area (Å²) in [6.45, 7) is 7.42. The molecule has 12 heteroatoms. The van der Waals surface area contributed by atoms with Crippen molar-refractivity contribution >= 4 is 24.2 Å². The summed E-state index contributed by atoms with van der Waals surface area (Å²) < 4.78 is 9.48. The van der Waals surface area contributed by atoms with E-state index in [1.54, 1.807) is 36.4 Å². The Balaban J connectivity index is 1.46. The van der Waals surface area contributed by atoms with Gasteiger partial charge in [0.15, 0.2) is 0 Å². The minimum atomic E-state index is -1.19. The zero-order valence-electron chi connectivity index (χ0n) is 20.9. The third kappa shape index (κ3) is 10.5. The largest absolute Gasteiger partial charge is 0.543 e. The van der Waals surface area contributed by atoms with Crippen LogP contribution in [0.15, 0.2) is 36.4 Å². The van der Waals surface area contributed by atoms with E-state index in [-0.39, 0.29) is 24.3 Å². The van der Waals surface area contributed by atoms with Crippen molar-refractivity contribution in [1.82, 2.24) is 0 Å². The molecule has 0 atom stereocenters. The molecule has 12 nitrogen and oxygen atoms in total. The number of hydrogen-bond acceptors (Lipinski definition) is 12. The Kier molecular flexibility index (Phi) is 11.8. The molecule has 2 aromatic rings. The molecule has 2 rings (SSSR count). The van der Waals surface area contributed by atoms with Crippen molar-refractivity contribution in [3.8, 4) is 0 Å². The summed E-state index contributed by atoms with van der Waals surface area (Å²) in [6.07, 6.45) is -1.04. The van der Waals surface area contributed by atoms with E-state index in [1.807, 2.05) is 27.7 Å². The van der Waals surface area contributed by atoms with Crippen LogP contribution in [-0.4, -0.2) is 37.5 Å². The van der Waals surface area contributed by atoms with Crippen LogP contribution in [0, 0.1) is 27.7 Å². The molecule has 0 aliphatic rings. The van der Waals surface area contributed by atoms with E-state index < -0.39 is 24.2 Å². The molecular weight excluding hydrogens is 492 g/mol. The smallest absolute Gasteiger partial charge is 0.432 e. The average Bonchev–Trinajstić information content (AvgIpc) is 2.86. The number of carbonyl (C=O) groups excluding carboxylic acids is 4. The molecule has 0 spiro atoms. The zero-order chi connectivity index (χ0) is 27.2. The summed E-state index contributed by atoms with van der Waals surface area (Å²) in [6, 6.07) is 9.80. The van der Waals surface area contributed by atoms with Gasteiger partial charge in [-0.1, -0.05) is 12.1 Å². The van der Waals surface area contributed by atoms with Crippen LogP contribution >= 0.6 is 0 Å². The normalized spacial score (nSPS) is 10.3. The van der Waals surface area contributed by atoms with Gasteiger partial charge >= 0.3 is 24.2 Å². The highest BCUT2D eigenvalue weighted by molar-refractivity contribution is 5.89. The lowest BCUT2D eigenvalue weighted by atomic mass is 10.1. The molecule has 0 saturated carbocycles. The van der Waals surface area contributed by atoms with E-state index in [0.717, 1.165) is 22.3 Å². The molecule has 0 unspecified atom stereocenters. The van der Waals surface area contributed by atoms with Crippen LogP contribution < -0.4 is 0 Å². The molecule has 37 heavy (non-hydrogen) atoms. The fraction of sp³-hybridized carbons (Fsp3) is 0.360. The van der Waals surface area contributed by atoms with Gasteiger partial charge < -0.3 is 9.47 Å². The summed E-state index contributed by atoms with van der Waals surface area (Å²) in [5.41, 5.74) is 4.25. The molecule has 0 radical (unpaired) electrons. The number of ether oxygens (including phenoxy) is 2. The summed E-state index contributed by atoms with van der Waals surface area (Å²) >= 11 is 0. The molecule has 0 bridgehead atoms. The predicted molar refractivity (Wildman–Crippen MR) is 124 cm³/mol. The third-order valence-electron chi connectivity index (χ3n) is 5.14. The molecule has 0 fully saturated rings. The fourth-order valence-electron chi connectivity index (χ4n) is 2.72. The molecule has 0 heterocycles. The molecule has 200 valence electrons. The van der Waals surface area contributed by atoms with Crippen LogP contribution in [0.5, 0.6) is 0 Å². The van der Waals surface area contributed by atoms with Gasteiger partial charge in [-0.05, 0) is 93.5 Å². The maximum Gasteiger partial charge on any atom is 0.543 e. The van der Waals surface area contributed by atoms with Crippen molar-refractivity contribution in [2.75, 3.05) is 13.2 Å². The van der Waals surface area contributed by atoms with Crippen molar-refractivity contribution in [2.24, 2.45) is 0 Å². The average molecular weight is 520 g/mol. The minimum Gasteiger partial charge on any atom is -0.432 e. The van der Waals surface area contributed by atoms with Crippen molar-refractivity contribution in [2.45, 2.75) is 47.0 Å². The van der Waals surface area contributed by atoms with Crippen LogP contribution in [0.3, 0.4) is 0 Å². The van der Waals surface area contributed by atoms with Gasteiger partial charge in [0.1, 0.15) is 0 Å². The van der Waals surface area contributed by atoms with Gasteiger partial charge in [-0.15, -0.1) is 0 Å². The molecule has 0 N–H and O–H groups in total. The molecule has 0 aromatic heterocycles. The van der Waals surface area contributed by atoms with Crippen LogP contribution in [-0.2, 0) is 39.1 Å². The van der Waals surface area contributed by atoms with E-state index >= 15 is 0 Å². The lowest BCUT2D eigenvalue weighted by Gasteiger charge is -2.06. The second-order valence-electron chi connectivity index (χ2n) is 7.90. The first kappa shape index (κ1) is 29.1. The molecule has 2 aromatic carbocycles. The quantitative estimate of drug-likeness (QED) is 0.159. The summed E-state index contributed by atoms with van der Waals surface area (Å²) in [5, 5.41) is 8.29. The summed E-state index contributed by atoms with van der Waals surface area (Å²) in [7, 11) is 0. The summed E-state index contributed by atoms with van der Waals surface area (Å²) in [4.78, 5) is 63.6. The molecule has 0 amide bonds. The first-order chi connectivity index (χ1) is 17.7. The number of hydrogen-bond donors (Lipinski definition) is 0. The van der Waals surface area contributed by atoms with Crippen LogP contribution in [0.1, 0.15) is 62.2 Å². The van der Waals surface area contributed by atoms with E-state index in [9.17, 15) is 19.2 Å². The highest BCUT2D eigenvalue weighted by Crippen LogP contribution is 2.12. The Bertz CT molecular complexity index is 1010. The minimum absolute atomic E-state index is 0.0186. The van der Waals surface area contributed by atoms with Crippen molar-refractivity contribution in [3.05, 3.63) is 69.8 Å². The maximum absolute atomic E-state index is 11.8. The zero-order valence-corrected chi connectivity index (χ0v) is 20.9. The van der Waals surface area contributed by atoms with Gasteiger partial charge in [0, 0.05) is 0 Å². The van der Waals surface area contributed by atoms with Crippen molar-refractivity contribution in [1.29, 1.82) is 0 Å². The highest BCUT2D eigenvalue weighted by atomic mass is 17.5. The van der Waals surface area contributed by atoms with Crippen LogP contribution in [0.25, 0.3) is 0 Å². The monoisotopic (exact) mass is 520 g/mol. The Labute approximate surface area is 213 Å². The van der Waals surface area contributed by atoms with E-state index in [2.05, 4.69) is 29.6 Å². The molecule has 0 aliphatic carbocycles. The van der Waals surface area contributed by atoms with Gasteiger partial charge in [0.2, 0.25) is 0 Å². The number of carbonyl (C=O) groups is 4. The van der Waals surface area contributed by atoms with Gasteiger partial charge in [-0.25, -0.2) is 29.0 Å². The lowest BCUT2D eigenvalue weighted by Crippen LogP contribution is -2.13. The van der Waals surface area contributed by atoms with Gasteiger partial charge in [-0.2, -0.15) is 0 Å². The Morgan fingerprint density at radius 3 is 1.32 bits per heavy atom. The van der Waals surface area contributed by atoms with E-state index in [0.29, 0.717) is 19.3 Å². The number of rotatable bonds is 12. The van der Waals surface area contributed by atoms with Gasteiger partial charge in [0.25, 0.3) is 0 Å². The van der Waals surface area contributed by atoms with Crippen molar-refractivity contribution < 1.29 is 58.3 Å².